The zero-order valence-corrected chi connectivity index (χ0v) is 17.0. The van der Waals surface area contributed by atoms with Crippen LogP contribution in [0.15, 0.2) is 36.7 Å². The third-order valence-electron chi connectivity index (χ3n) is 5.69. The highest BCUT2D eigenvalue weighted by Crippen LogP contribution is 2.38. The molecule has 6 heteroatoms. The molecule has 1 N–H and O–H groups in total. The van der Waals surface area contributed by atoms with Crippen molar-refractivity contribution in [2.75, 3.05) is 13.1 Å². The van der Waals surface area contributed by atoms with Crippen molar-refractivity contribution in [2.45, 2.75) is 52.6 Å². The van der Waals surface area contributed by atoms with Crippen LogP contribution in [-0.4, -0.2) is 39.4 Å². The molecule has 2 atom stereocenters. The van der Waals surface area contributed by atoms with Gasteiger partial charge >= 0.3 is 0 Å². The number of imidazole rings is 1. The van der Waals surface area contributed by atoms with E-state index < -0.39 is 0 Å². The number of carbonyl (C=O) groups is 2. The van der Waals surface area contributed by atoms with E-state index in [9.17, 15) is 9.59 Å². The molecular weight excluding hydrogens is 352 g/mol. The van der Waals surface area contributed by atoms with E-state index in [4.69, 9.17) is 0 Å². The Morgan fingerprint density at radius 2 is 2.07 bits per heavy atom. The van der Waals surface area contributed by atoms with Gasteiger partial charge in [0.05, 0.1) is 12.0 Å². The Labute approximate surface area is 166 Å². The summed E-state index contributed by atoms with van der Waals surface area (Å²) in [6.07, 6.45) is 5.63. The van der Waals surface area contributed by atoms with Crippen LogP contribution >= 0.6 is 0 Å². The summed E-state index contributed by atoms with van der Waals surface area (Å²) in [6, 6.07) is 7.88. The van der Waals surface area contributed by atoms with Gasteiger partial charge in [-0.3, -0.25) is 9.59 Å². The zero-order valence-electron chi connectivity index (χ0n) is 17.0. The second kappa shape index (κ2) is 9.04. The van der Waals surface area contributed by atoms with Gasteiger partial charge in [-0.25, -0.2) is 4.98 Å². The lowest BCUT2D eigenvalue weighted by molar-refractivity contribution is -0.143. The summed E-state index contributed by atoms with van der Waals surface area (Å²) >= 11 is 0. The van der Waals surface area contributed by atoms with E-state index >= 15 is 0 Å². The first-order chi connectivity index (χ1) is 13.5. The second-order valence-corrected chi connectivity index (χ2v) is 7.44. The van der Waals surface area contributed by atoms with Crippen molar-refractivity contribution >= 4 is 11.8 Å². The first-order valence-corrected chi connectivity index (χ1v) is 10.1. The van der Waals surface area contributed by atoms with Crippen LogP contribution in [0.5, 0.6) is 0 Å². The molecule has 0 saturated carbocycles. The number of hydrogen-bond acceptors (Lipinski definition) is 3. The minimum atomic E-state index is -0.214. The highest BCUT2D eigenvalue weighted by atomic mass is 16.2. The minimum absolute atomic E-state index is 0.0431. The zero-order chi connectivity index (χ0) is 20.1. The Morgan fingerprint density at radius 1 is 1.29 bits per heavy atom. The van der Waals surface area contributed by atoms with Gasteiger partial charge in [-0.15, -0.1) is 0 Å². The first-order valence-electron chi connectivity index (χ1n) is 10.1. The van der Waals surface area contributed by atoms with Gasteiger partial charge in [0, 0.05) is 38.4 Å². The predicted molar refractivity (Wildman–Crippen MR) is 109 cm³/mol. The number of aryl methyl sites for hydroxylation is 3. The summed E-state index contributed by atoms with van der Waals surface area (Å²) in [4.78, 5) is 31.6. The Hall–Kier alpha value is -2.63. The van der Waals surface area contributed by atoms with Crippen LogP contribution in [0, 0.1) is 19.8 Å². The highest BCUT2D eigenvalue weighted by molar-refractivity contribution is 5.85. The number of nitrogens with zero attached hydrogens (tertiary/aromatic N) is 3. The van der Waals surface area contributed by atoms with Crippen molar-refractivity contribution in [1.82, 2.24) is 19.8 Å². The lowest BCUT2D eigenvalue weighted by atomic mass is 9.82. The first kappa shape index (κ1) is 20.1. The molecule has 2 aromatic rings. The monoisotopic (exact) mass is 382 g/mol. The number of carbonyl (C=O) groups excluding carboxylic acids is 2. The van der Waals surface area contributed by atoms with Gasteiger partial charge in [0.2, 0.25) is 11.8 Å². The van der Waals surface area contributed by atoms with E-state index in [0.29, 0.717) is 25.9 Å². The molecular formula is C22H30N4O2. The Morgan fingerprint density at radius 3 is 2.75 bits per heavy atom. The van der Waals surface area contributed by atoms with E-state index in [1.807, 2.05) is 56.1 Å². The summed E-state index contributed by atoms with van der Waals surface area (Å²) in [6.45, 7) is 8.07. The lowest BCUT2D eigenvalue weighted by Gasteiger charge is -2.41. The second-order valence-electron chi connectivity index (χ2n) is 7.44. The van der Waals surface area contributed by atoms with Crippen LogP contribution < -0.4 is 5.32 Å². The molecule has 28 heavy (non-hydrogen) atoms. The quantitative estimate of drug-likeness (QED) is 0.749. The predicted octanol–water partition coefficient (Wildman–Crippen LogP) is 3.01. The van der Waals surface area contributed by atoms with Crippen molar-refractivity contribution in [2.24, 2.45) is 5.92 Å². The molecule has 6 nitrogen and oxygen atoms in total. The number of amides is 2. The number of nitrogens with one attached hydrogen (secondary N) is 1. The van der Waals surface area contributed by atoms with Gasteiger partial charge < -0.3 is 14.8 Å². The van der Waals surface area contributed by atoms with Crippen LogP contribution in [0.2, 0.25) is 0 Å². The summed E-state index contributed by atoms with van der Waals surface area (Å²) in [5.41, 5.74) is 2.20. The fourth-order valence-corrected chi connectivity index (χ4v) is 4.14. The van der Waals surface area contributed by atoms with Crippen LogP contribution in [0.1, 0.15) is 49.2 Å². The smallest absolute Gasteiger partial charge is 0.225 e. The third-order valence-corrected chi connectivity index (χ3v) is 5.69. The van der Waals surface area contributed by atoms with Crippen LogP contribution in [0.3, 0.4) is 0 Å². The van der Waals surface area contributed by atoms with Gasteiger partial charge in [0.1, 0.15) is 5.82 Å². The summed E-state index contributed by atoms with van der Waals surface area (Å²) < 4.78 is 2.08. The van der Waals surface area contributed by atoms with Gasteiger partial charge in [-0.1, -0.05) is 24.3 Å². The molecule has 1 saturated heterocycles. The molecule has 0 radical (unpaired) electrons. The molecule has 0 aliphatic carbocycles. The van der Waals surface area contributed by atoms with E-state index in [2.05, 4.69) is 14.9 Å². The molecule has 0 spiro atoms. The van der Waals surface area contributed by atoms with Crippen molar-refractivity contribution in [3.05, 3.63) is 53.6 Å². The van der Waals surface area contributed by atoms with Crippen molar-refractivity contribution in [1.29, 1.82) is 0 Å². The number of piperidine rings is 1. The van der Waals surface area contributed by atoms with Crippen LogP contribution in [0.25, 0.3) is 0 Å². The van der Waals surface area contributed by atoms with Gasteiger partial charge in [0.25, 0.3) is 0 Å². The fourth-order valence-electron chi connectivity index (χ4n) is 4.14. The largest absolute Gasteiger partial charge is 0.356 e. The summed E-state index contributed by atoms with van der Waals surface area (Å²) in [7, 11) is 0. The molecule has 150 valence electrons. The molecule has 1 aromatic heterocycles. The lowest BCUT2D eigenvalue weighted by Crippen LogP contribution is -2.48. The normalized spacial score (nSPS) is 19.7. The van der Waals surface area contributed by atoms with Crippen LogP contribution in [-0.2, 0) is 16.1 Å². The fraction of sp³-hybridized carbons (Fsp3) is 0.500. The SMILES string of the molecule is CCN1C(=O)CC[C@@H](C(=O)NCCCn2ccnc2C)[C@@H]1c1ccccc1C. The summed E-state index contributed by atoms with van der Waals surface area (Å²) in [5, 5.41) is 3.10. The molecule has 1 aromatic carbocycles. The number of likely N-dealkylation sites (tertiary alicyclic amines) is 1. The molecule has 1 aliphatic rings. The molecule has 0 bridgehead atoms. The number of rotatable bonds is 7. The van der Waals surface area contributed by atoms with E-state index in [0.717, 1.165) is 29.9 Å². The molecule has 2 heterocycles. The maximum atomic E-state index is 13.0. The molecule has 1 fully saturated rings. The maximum Gasteiger partial charge on any atom is 0.225 e. The van der Waals surface area contributed by atoms with Gasteiger partial charge in [-0.2, -0.15) is 0 Å². The van der Waals surface area contributed by atoms with E-state index in [-0.39, 0.29) is 23.8 Å². The third kappa shape index (κ3) is 4.26. The Bertz CT molecular complexity index is 829. The van der Waals surface area contributed by atoms with E-state index in [1.54, 1.807) is 6.20 Å². The summed E-state index contributed by atoms with van der Waals surface area (Å²) in [5.74, 6) is 0.945. The molecule has 2 amide bonds. The Kier molecular flexibility index (Phi) is 6.49. The topological polar surface area (TPSA) is 67.2 Å². The van der Waals surface area contributed by atoms with Gasteiger partial charge in [0.15, 0.2) is 0 Å². The number of benzene rings is 1. The molecule has 1 aliphatic heterocycles. The molecule has 0 unspecified atom stereocenters. The van der Waals surface area contributed by atoms with Crippen molar-refractivity contribution < 1.29 is 9.59 Å². The Balaban J connectivity index is 1.68. The van der Waals surface area contributed by atoms with E-state index in [1.165, 1.54) is 0 Å². The van der Waals surface area contributed by atoms with Crippen molar-refractivity contribution in [3.8, 4) is 0 Å². The van der Waals surface area contributed by atoms with Crippen LogP contribution in [0.4, 0.5) is 0 Å². The minimum Gasteiger partial charge on any atom is -0.356 e. The maximum absolute atomic E-state index is 13.0. The van der Waals surface area contributed by atoms with Crippen molar-refractivity contribution in [3.63, 3.8) is 0 Å². The molecule has 3 rings (SSSR count). The standard InChI is InChI=1S/C22H30N4O2/c1-4-26-20(27)11-10-19(21(26)18-9-6-5-8-16(18)2)22(28)24-12-7-14-25-15-13-23-17(25)3/h5-6,8-9,13,15,19,21H,4,7,10-12,14H2,1-3H3,(H,24,28)/t19-,21+/m1/s1. The average molecular weight is 383 g/mol. The number of aromatic nitrogens is 2. The van der Waals surface area contributed by atoms with Gasteiger partial charge in [-0.05, 0) is 44.7 Å². The highest BCUT2D eigenvalue weighted by Gasteiger charge is 2.40. The average Bonchev–Trinajstić information content (AvgIpc) is 3.10. The number of hydrogen-bond donors (Lipinski definition) is 1.